The minimum Gasteiger partial charge on any atom is -0.266 e. The summed E-state index contributed by atoms with van der Waals surface area (Å²) in [5.41, 5.74) is 5.85. The second kappa shape index (κ2) is 1.45. The summed E-state index contributed by atoms with van der Waals surface area (Å²) in [6, 6.07) is 0. The molecule has 3 nitrogen and oxygen atoms in total. The number of nitrogens with zero attached hydrogens (tertiary/aromatic N) is 2. The lowest BCUT2D eigenvalue weighted by atomic mass is 10.7. The number of nitrogens with one attached hydrogen (secondary N) is 1. The van der Waals surface area contributed by atoms with Crippen LogP contribution in [0.15, 0.2) is 11.3 Å². The predicted octanol–water partition coefficient (Wildman–Crippen LogP) is -0.588. The minimum atomic E-state index is 1.48. The quantitative estimate of drug-likeness (QED) is 0.416. The Bertz CT molecular complexity index is 72.0. The molecule has 1 N–H and O–H groups in total. The van der Waals surface area contributed by atoms with Gasteiger partial charge in [0, 0.05) is 12.3 Å². The molecule has 0 fully saturated rings. The lowest BCUT2D eigenvalue weighted by Crippen LogP contribution is -2.15. The molecule has 0 aromatic rings. The summed E-state index contributed by atoms with van der Waals surface area (Å²) in [5, 5.41) is 3.42. The molecule has 0 spiro atoms. The highest BCUT2D eigenvalue weighted by Crippen LogP contribution is 1.65. The molecule has 0 atom stereocenters. The second-order valence-electron chi connectivity index (χ2n) is 0.785. The Morgan fingerprint density at radius 2 is 2.67 bits per heavy atom. The third kappa shape index (κ3) is 0.484. The van der Waals surface area contributed by atoms with Crippen molar-refractivity contribution >= 4 is 6.21 Å². The molecule has 0 bridgehead atoms. The van der Waals surface area contributed by atoms with Gasteiger partial charge >= 0.3 is 0 Å². The van der Waals surface area contributed by atoms with E-state index in [1.807, 2.05) is 0 Å². The lowest BCUT2D eigenvalue weighted by Gasteiger charge is -1.92. The zero-order chi connectivity index (χ0) is 4.24. The summed E-state index contributed by atoms with van der Waals surface area (Å²) < 4.78 is 0. The van der Waals surface area contributed by atoms with Gasteiger partial charge in [0.15, 0.2) is 0 Å². The highest BCUT2D eigenvalue weighted by atomic mass is 15.5. The van der Waals surface area contributed by atoms with Crippen LogP contribution < -0.4 is 11.0 Å². The summed E-state index contributed by atoms with van der Waals surface area (Å²) in [7, 11) is 0. The number of rotatable bonds is 0. The van der Waals surface area contributed by atoms with E-state index >= 15 is 0 Å². The molecule has 0 aliphatic carbocycles. The summed E-state index contributed by atoms with van der Waals surface area (Å²) >= 11 is 0. The molecule has 1 heterocycles. The van der Waals surface area contributed by atoms with E-state index < -0.39 is 0 Å². The lowest BCUT2D eigenvalue weighted by molar-refractivity contribution is 0.645. The van der Waals surface area contributed by atoms with E-state index in [1.165, 1.54) is 6.21 Å². The Labute approximate surface area is 35.7 Å². The third-order valence-corrected chi connectivity index (χ3v) is 0.396. The van der Waals surface area contributed by atoms with Crippen molar-refractivity contribution < 1.29 is 0 Å². The van der Waals surface area contributed by atoms with Crippen molar-refractivity contribution in [2.75, 3.05) is 0 Å². The Balaban J connectivity index is 2.46. The van der Waals surface area contributed by atoms with Crippen molar-refractivity contribution in [1.29, 1.82) is 0 Å². The molecule has 1 aliphatic rings. The zero-order valence-corrected chi connectivity index (χ0v) is 3.05. The molecule has 0 unspecified atom stereocenters. The molecule has 1 rings (SSSR count). The first-order valence-electron chi connectivity index (χ1n) is 1.55. The highest BCUT2D eigenvalue weighted by Gasteiger charge is 1.75. The SMILES string of the molecule is [C]1=CN[N]N=C1. The zero-order valence-electron chi connectivity index (χ0n) is 3.05. The molecule has 0 aromatic carbocycles. The van der Waals surface area contributed by atoms with Crippen molar-refractivity contribution in [3.05, 3.63) is 12.3 Å². The van der Waals surface area contributed by atoms with E-state index in [1.54, 1.807) is 6.20 Å². The van der Waals surface area contributed by atoms with Crippen LogP contribution in [0.5, 0.6) is 0 Å². The molecule has 0 amide bonds. The van der Waals surface area contributed by atoms with E-state index in [0.717, 1.165) is 0 Å². The van der Waals surface area contributed by atoms with Gasteiger partial charge in [0.25, 0.3) is 0 Å². The number of hydrogen-bond acceptors (Lipinski definition) is 2. The maximum Gasteiger partial charge on any atom is 0.0607 e. The molecule has 0 saturated carbocycles. The molecular weight excluding hydrogens is 78.1 g/mol. The van der Waals surface area contributed by atoms with E-state index in [9.17, 15) is 0 Å². The molecule has 3 heteroatoms. The van der Waals surface area contributed by atoms with E-state index in [4.69, 9.17) is 0 Å². The Morgan fingerprint density at radius 1 is 1.67 bits per heavy atom. The van der Waals surface area contributed by atoms with Crippen molar-refractivity contribution in [2.24, 2.45) is 5.10 Å². The second-order valence-corrected chi connectivity index (χ2v) is 0.785. The van der Waals surface area contributed by atoms with Crippen molar-refractivity contribution in [3.63, 3.8) is 0 Å². The van der Waals surface area contributed by atoms with Crippen LogP contribution >= 0.6 is 0 Å². The predicted molar refractivity (Wildman–Crippen MR) is 21.6 cm³/mol. The molecule has 30 valence electrons. The van der Waals surface area contributed by atoms with Gasteiger partial charge in [0.1, 0.15) is 0 Å². The fraction of sp³-hybridized carbons (Fsp3) is 0. The summed E-state index contributed by atoms with van der Waals surface area (Å²) in [6.45, 7) is 0. The molecule has 0 aromatic heterocycles. The van der Waals surface area contributed by atoms with Gasteiger partial charge in [0.05, 0.1) is 6.21 Å². The minimum absolute atomic E-state index is 1.48. The van der Waals surface area contributed by atoms with Crippen LogP contribution in [-0.4, -0.2) is 6.21 Å². The van der Waals surface area contributed by atoms with Gasteiger partial charge in [0.2, 0.25) is 0 Å². The van der Waals surface area contributed by atoms with Crippen molar-refractivity contribution in [2.45, 2.75) is 0 Å². The van der Waals surface area contributed by atoms with Crippen LogP contribution in [0.2, 0.25) is 0 Å². The first kappa shape index (κ1) is 3.21. The Morgan fingerprint density at radius 3 is 2.83 bits per heavy atom. The standard InChI is InChI=1S/C3H3N3/c1-2-4-6-5-3-1/h2-4H. The highest BCUT2D eigenvalue weighted by molar-refractivity contribution is 5.66. The van der Waals surface area contributed by atoms with Crippen LogP contribution in [-0.2, 0) is 0 Å². The monoisotopic (exact) mass is 81.0 g/mol. The molecular formula is C3H3N3. The summed E-state index contributed by atoms with van der Waals surface area (Å²) in [5.74, 6) is 0. The van der Waals surface area contributed by atoms with Crippen LogP contribution in [0.25, 0.3) is 0 Å². The van der Waals surface area contributed by atoms with Gasteiger partial charge in [-0.2, -0.15) is 0 Å². The van der Waals surface area contributed by atoms with Crippen molar-refractivity contribution in [3.8, 4) is 0 Å². The van der Waals surface area contributed by atoms with Crippen LogP contribution in [0, 0.1) is 6.08 Å². The Kier molecular flexibility index (Phi) is 0.774. The van der Waals surface area contributed by atoms with Crippen LogP contribution in [0.3, 0.4) is 0 Å². The van der Waals surface area contributed by atoms with Gasteiger partial charge in [-0.25, -0.2) is 0 Å². The largest absolute Gasteiger partial charge is 0.266 e. The maximum absolute atomic E-state index is 3.42. The maximum atomic E-state index is 3.42. The molecule has 1 aliphatic heterocycles. The average molecular weight is 81.1 g/mol. The van der Waals surface area contributed by atoms with Gasteiger partial charge in [-0.1, -0.05) is 5.53 Å². The number of hydrogen-bond donors (Lipinski definition) is 1. The molecule has 2 radical (unpaired) electrons. The first-order valence-corrected chi connectivity index (χ1v) is 1.55. The summed E-state index contributed by atoms with van der Waals surface area (Å²) in [6.07, 6.45) is 5.72. The fourth-order valence-corrected chi connectivity index (χ4v) is 0.199. The number of allylic oxidation sites excluding steroid dienone is 1. The molecule has 6 heavy (non-hydrogen) atoms. The molecule has 0 saturated heterocycles. The van der Waals surface area contributed by atoms with Crippen molar-refractivity contribution in [1.82, 2.24) is 11.0 Å². The summed E-state index contributed by atoms with van der Waals surface area (Å²) in [4.78, 5) is 0. The van der Waals surface area contributed by atoms with Gasteiger partial charge in [-0.15, -0.1) is 5.10 Å². The average Bonchev–Trinajstić information content (AvgIpc) is 1.72. The van der Waals surface area contributed by atoms with Crippen LogP contribution in [0.4, 0.5) is 0 Å². The van der Waals surface area contributed by atoms with Gasteiger partial charge in [-0.3, -0.25) is 5.43 Å². The van der Waals surface area contributed by atoms with E-state index in [-0.39, 0.29) is 0 Å². The van der Waals surface area contributed by atoms with E-state index in [0.29, 0.717) is 0 Å². The normalized spacial score (nSPS) is 16.0. The van der Waals surface area contributed by atoms with Gasteiger partial charge < -0.3 is 0 Å². The van der Waals surface area contributed by atoms with E-state index in [2.05, 4.69) is 22.1 Å². The van der Waals surface area contributed by atoms with Gasteiger partial charge in [-0.05, 0) is 0 Å². The fourth-order valence-electron chi connectivity index (χ4n) is 0.199. The Hall–Kier alpha value is -0.990. The smallest absolute Gasteiger partial charge is 0.0607 e. The first-order chi connectivity index (χ1) is 3.00. The van der Waals surface area contributed by atoms with Crippen LogP contribution in [0.1, 0.15) is 0 Å². The topological polar surface area (TPSA) is 38.5 Å². The third-order valence-electron chi connectivity index (χ3n) is 0.396.